The molecule has 5 atom stereocenters. The SMILES string of the molecule is OCCc1ccc(Sc2cn([C@@H]3O[C@H](CO)[C@@H](O)[C@H](O)[C@H]3O)c3c(Cl)cccc23)cc1. The molecule has 0 radical (unpaired) electrons. The van der Waals surface area contributed by atoms with Crippen LogP contribution >= 0.6 is 23.4 Å². The molecular formula is C22H24ClNO6S. The molecule has 0 saturated carbocycles. The average molecular weight is 466 g/mol. The highest BCUT2D eigenvalue weighted by molar-refractivity contribution is 7.99. The number of aromatic nitrogens is 1. The third-order valence-electron chi connectivity index (χ3n) is 5.46. The Labute approximate surface area is 188 Å². The standard InChI is InChI=1S/C22H24ClNO6S/c23-15-3-1-2-14-17(31-13-6-4-12(5-7-13)8-9-25)10-24(18(14)15)22-21(29)20(28)19(27)16(11-26)30-22/h1-7,10,16,19-22,25-29H,8-9,11H2/t16-,19-,20+,21-,22-/m1/s1. The highest BCUT2D eigenvalue weighted by Crippen LogP contribution is 2.41. The number of aliphatic hydroxyl groups is 5. The second-order valence-electron chi connectivity index (χ2n) is 7.48. The molecule has 4 rings (SSSR count). The van der Waals surface area contributed by atoms with Crippen LogP contribution in [-0.4, -0.2) is 67.7 Å². The zero-order valence-corrected chi connectivity index (χ0v) is 18.1. The Balaban J connectivity index is 1.73. The quantitative estimate of drug-likeness (QED) is 0.378. The van der Waals surface area contributed by atoms with Gasteiger partial charge in [-0.1, -0.05) is 47.6 Å². The van der Waals surface area contributed by atoms with Crippen LogP contribution < -0.4 is 0 Å². The summed E-state index contributed by atoms with van der Waals surface area (Å²) in [5.41, 5.74) is 1.66. The van der Waals surface area contributed by atoms with Crippen molar-refractivity contribution >= 4 is 34.3 Å². The van der Waals surface area contributed by atoms with Crippen LogP contribution in [0.4, 0.5) is 0 Å². The molecule has 7 nitrogen and oxygen atoms in total. The molecular weight excluding hydrogens is 442 g/mol. The summed E-state index contributed by atoms with van der Waals surface area (Å²) in [4.78, 5) is 1.85. The van der Waals surface area contributed by atoms with E-state index in [1.807, 2.05) is 36.4 Å². The lowest BCUT2D eigenvalue weighted by molar-refractivity contribution is -0.250. The van der Waals surface area contributed by atoms with Gasteiger partial charge in [0.05, 0.1) is 17.1 Å². The van der Waals surface area contributed by atoms with Gasteiger partial charge in [-0.2, -0.15) is 0 Å². The summed E-state index contributed by atoms with van der Waals surface area (Å²) < 4.78 is 7.39. The Kier molecular flexibility index (Phi) is 6.90. The molecule has 0 bridgehead atoms. The molecule has 0 aliphatic carbocycles. The minimum Gasteiger partial charge on any atom is -0.396 e. The molecule has 0 spiro atoms. The van der Waals surface area contributed by atoms with E-state index >= 15 is 0 Å². The normalized spacial score (nSPS) is 26.5. The summed E-state index contributed by atoms with van der Waals surface area (Å²) in [6.07, 6.45) is -4.00. The maximum Gasteiger partial charge on any atom is 0.163 e. The van der Waals surface area contributed by atoms with E-state index < -0.39 is 37.3 Å². The average Bonchev–Trinajstić information content (AvgIpc) is 3.13. The predicted molar refractivity (Wildman–Crippen MR) is 117 cm³/mol. The summed E-state index contributed by atoms with van der Waals surface area (Å²) in [5, 5.41) is 50.8. The van der Waals surface area contributed by atoms with Gasteiger partial charge in [0, 0.05) is 28.0 Å². The van der Waals surface area contributed by atoms with Gasteiger partial charge in [-0.15, -0.1) is 0 Å². The largest absolute Gasteiger partial charge is 0.396 e. The second-order valence-corrected chi connectivity index (χ2v) is 9.00. The van der Waals surface area contributed by atoms with E-state index in [4.69, 9.17) is 21.4 Å². The molecule has 1 aromatic heterocycles. The first-order valence-corrected chi connectivity index (χ1v) is 11.1. The van der Waals surface area contributed by atoms with Crippen molar-refractivity contribution in [3.8, 4) is 0 Å². The number of halogens is 1. The number of rotatable bonds is 6. The van der Waals surface area contributed by atoms with Gasteiger partial charge < -0.3 is 34.8 Å². The van der Waals surface area contributed by atoms with Crippen LogP contribution in [0.2, 0.25) is 5.02 Å². The van der Waals surface area contributed by atoms with Crippen LogP contribution in [0, 0.1) is 0 Å². The Morgan fingerprint density at radius 3 is 2.39 bits per heavy atom. The maximum atomic E-state index is 10.6. The van der Waals surface area contributed by atoms with Crippen molar-refractivity contribution in [1.29, 1.82) is 0 Å². The molecule has 1 aliphatic rings. The number of nitrogens with zero attached hydrogens (tertiary/aromatic N) is 1. The summed E-state index contributed by atoms with van der Waals surface area (Å²) in [5.74, 6) is 0. The van der Waals surface area contributed by atoms with Crippen LogP contribution in [0.1, 0.15) is 11.8 Å². The minimum atomic E-state index is -1.48. The molecule has 2 heterocycles. The maximum absolute atomic E-state index is 10.6. The zero-order chi connectivity index (χ0) is 22.1. The monoisotopic (exact) mass is 465 g/mol. The van der Waals surface area contributed by atoms with Gasteiger partial charge in [0.25, 0.3) is 0 Å². The van der Waals surface area contributed by atoms with Crippen LogP contribution in [0.5, 0.6) is 0 Å². The Bertz CT molecular complexity index is 1040. The highest BCUT2D eigenvalue weighted by atomic mass is 35.5. The molecule has 1 fully saturated rings. The Hall–Kier alpha value is -1.62. The topological polar surface area (TPSA) is 115 Å². The van der Waals surface area contributed by atoms with Crippen LogP contribution in [0.15, 0.2) is 58.5 Å². The number of aliphatic hydroxyl groups excluding tert-OH is 5. The smallest absolute Gasteiger partial charge is 0.163 e. The summed E-state index contributed by atoms with van der Waals surface area (Å²) in [6, 6.07) is 13.3. The van der Waals surface area contributed by atoms with Crippen molar-refractivity contribution in [3.63, 3.8) is 0 Å². The number of benzene rings is 2. The van der Waals surface area contributed by atoms with Crippen LogP contribution in [0.25, 0.3) is 10.9 Å². The zero-order valence-electron chi connectivity index (χ0n) is 16.5. The van der Waals surface area contributed by atoms with Crippen LogP contribution in [0.3, 0.4) is 0 Å². The number of para-hydroxylation sites is 1. The molecule has 166 valence electrons. The lowest BCUT2D eigenvalue weighted by Crippen LogP contribution is -2.56. The van der Waals surface area contributed by atoms with Gasteiger partial charge in [-0.3, -0.25) is 0 Å². The number of hydrogen-bond acceptors (Lipinski definition) is 7. The lowest BCUT2D eigenvalue weighted by Gasteiger charge is -2.40. The summed E-state index contributed by atoms with van der Waals surface area (Å²) in [7, 11) is 0. The molecule has 1 aliphatic heterocycles. The fourth-order valence-corrected chi connectivity index (χ4v) is 5.05. The molecule has 5 N–H and O–H groups in total. The van der Waals surface area contributed by atoms with Crippen molar-refractivity contribution < 1.29 is 30.3 Å². The molecule has 9 heteroatoms. The highest BCUT2D eigenvalue weighted by Gasteiger charge is 2.44. The van der Waals surface area contributed by atoms with Crippen molar-refractivity contribution in [2.24, 2.45) is 0 Å². The van der Waals surface area contributed by atoms with Gasteiger partial charge >= 0.3 is 0 Å². The lowest BCUT2D eigenvalue weighted by atomic mass is 9.98. The first-order chi connectivity index (χ1) is 14.9. The number of fused-ring (bicyclic) bond motifs is 1. The molecule has 1 saturated heterocycles. The van der Waals surface area contributed by atoms with Crippen molar-refractivity contribution in [3.05, 3.63) is 59.2 Å². The number of ether oxygens (including phenoxy) is 1. The fraction of sp³-hybridized carbons (Fsp3) is 0.364. The Morgan fingerprint density at radius 1 is 0.968 bits per heavy atom. The van der Waals surface area contributed by atoms with E-state index in [9.17, 15) is 20.4 Å². The first kappa shape index (κ1) is 22.6. The first-order valence-electron chi connectivity index (χ1n) is 9.91. The van der Waals surface area contributed by atoms with Gasteiger partial charge in [0.2, 0.25) is 0 Å². The molecule has 3 aromatic rings. The minimum absolute atomic E-state index is 0.0948. The van der Waals surface area contributed by atoms with Crippen molar-refractivity contribution in [2.75, 3.05) is 13.2 Å². The van der Waals surface area contributed by atoms with Crippen molar-refractivity contribution in [1.82, 2.24) is 4.57 Å². The van der Waals surface area contributed by atoms with Crippen molar-refractivity contribution in [2.45, 2.75) is 46.9 Å². The molecule has 0 unspecified atom stereocenters. The molecule has 31 heavy (non-hydrogen) atoms. The van der Waals surface area contributed by atoms with Crippen LogP contribution in [-0.2, 0) is 11.2 Å². The van der Waals surface area contributed by atoms with E-state index in [-0.39, 0.29) is 6.61 Å². The second kappa shape index (κ2) is 9.48. The van der Waals surface area contributed by atoms with E-state index in [1.165, 1.54) is 11.8 Å². The fourth-order valence-electron chi connectivity index (χ4n) is 3.81. The Morgan fingerprint density at radius 2 is 1.71 bits per heavy atom. The third kappa shape index (κ3) is 4.35. The molecule has 2 aromatic carbocycles. The van der Waals surface area contributed by atoms with E-state index in [0.29, 0.717) is 17.0 Å². The summed E-state index contributed by atoms with van der Waals surface area (Å²) in [6.45, 7) is -0.409. The van der Waals surface area contributed by atoms with E-state index in [2.05, 4.69) is 0 Å². The predicted octanol–water partition coefficient (Wildman–Crippen LogP) is 1.95. The van der Waals surface area contributed by atoms with Gasteiger partial charge in [0.15, 0.2) is 6.23 Å². The molecule has 0 amide bonds. The third-order valence-corrected chi connectivity index (χ3v) is 6.82. The summed E-state index contributed by atoms with van der Waals surface area (Å²) >= 11 is 7.99. The van der Waals surface area contributed by atoms with Gasteiger partial charge in [-0.25, -0.2) is 0 Å². The van der Waals surface area contributed by atoms with Gasteiger partial charge in [-0.05, 0) is 30.2 Å². The van der Waals surface area contributed by atoms with E-state index in [1.54, 1.807) is 16.8 Å². The number of hydrogen-bond donors (Lipinski definition) is 5. The van der Waals surface area contributed by atoms with E-state index in [0.717, 1.165) is 20.7 Å². The van der Waals surface area contributed by atoms with Gasteiger partial charge in [0.1, 0.15) is 24.4 Å².